The first-order valence-corrected chi connectivity index (χ1v) is 8.07. The highest BCUT2D eigenvalue weighted by Gasteiger charge is 2.12. The molecule has 1 rings (SSSR count). The second-order valence-electron chi connectivity index (χ2n) is 5.14. The highest BCUT2D eigenvalue weighted by molar-refractivity contribution is 7.91. The van der Waals surface area contributed by atoms with Crippen molar-refractivity contribution in [3.63, 3.8) is 0 Å². The summed E-state index contributed by atoms with van der Waals surface area (Å²) < 4.78 is 23.3. The van der Waals surface area contributed by atoms with Gasteiger partial charge in [0.1, 0.15) is 0 Å². The molecule has 0 aliphatic carbocycles. The lowest BCUT2D eigenvalue weighted by Crippen LogP contribution is -2.24. The second kappa shape index (κ2) is 6.34. The average molecular weight is 269 g/mol. The van der Waals surface area contributed by atoms with Gasteiger partial charge in [-0.05, 0) is 36.5 Å². The fourth-order valence-corrected chi connectivity index (χ4v) is 2.88. The van der Waals surface area contributed by atoms with Gasteiger partial charge in [0.15, 0.2) is 9.84 Å². The molecule has 0 aliphatic heterocycles. The number of benzene rings is 1. The number of nitrogens with two attached hydrogens (primary N) is 1. The summed E-state index contributed by atoms with van der Waals surface area (Å²) in [6.45, 7) is 5.95. The standard InChI is InChI=1S/C14H23NO2S/c1-4-18(16,17)14-7-5-12(6-8-14)10-13(15)9-11(2)3/h5-8,11,13H,4,9-10,15H2,1-3H3. The van der Waals surface area contributed by atoms with Crippen LogP contribution in [0, 0.1) is 5.92 Å². The van der Waals surface area contributed by atoms with Gasteiger partial charge in [0.05, 0.1) is 10.6 Å². The van der Waals surface area contributed by atoms with Crippen LogP contribution in [0.15, 0.2) is 29.2 Å². The Labute approximate surface area is 110 Å². The maximum atomic E-state index is 11.7. The smallest absolute Gasteiger partial charge is 0.178 e. The SMILES string of the molecule is CCS(=O)(=O)c1ccc(CC(N)CC(C)C)cc1. The Bertz CT molecular complexity index is 463. The third kappa shape index (κ3) is 4.42. The lowest BCUT2D eigenvalue weighted by atomic mass is 9.98. The quantitative estimate of drug-likeness (QED) is 0.862. The van der Waals surface area contributed by atoms with Crippen LogP contribution >= 0.6 is 0 Å². The minimum Gasteiger partial charge on any atom is -0.327 e. The molecule has 0 spiro atoms. The summed E-state index contributed by atoms with van der Waals surface area (Å²) in [7, 11) is -3.09. The van der Waals surface area contributed by atoms with Gasteiger partial charge < -0.3 is 5.73 Å². The van der Waals surface area contributed by atoms with Gasteiger partial charge >= 0.3 is 0 Å². The number of hydrogen-bond acceptors (Lipinski definition) is 3. The molecule has 0 fully saturated rings. The van der Waals surface area contributed by atoms with Gasteiger partial charge in [-0.2, -0.15) is 0 Å². The molecule has 0 heterocycles. The van der Waals surface area contributed by atoms with Crippen molar-refractivity contribution in [3.8, 4) is 0 Å². The van der Waals surface area contributed by atoms with Gasteiger partial charge in [0.2, 0.25) is 0 Å². The number of rotatable bonds is 6. The Morgan fingerprint density at radius 1 is 1.17 bits per heavy atom. The van der Waals surface area contributed by atoms with E-state index in [4.69, 9.17) is 5.73 Å². The van der Waals surface area contributed by atoms with Crippen molar-refractivity contribution in [1.29, 1.82) is 0 Å². The van der Waals surface area contributed by atoms with Gasteiger partial charge in [-0.1, -0.05) is 32.9 Å². The highest BCUT2D eigenvalue weighted by Crippen LogP contribution is 2.14. The summed E-state index contributed by atoms with van der Waals surface area (Å²) in [6, 6.07) is 7.22. The summed E-state index contributed by atoms with van der Waals surface area (Å²) in [5.74, 6) is 0.721. The van der Waals surface area contributed by atoms with E-state index in [0.29, 0.717) is 10.8 Å². The molecule has 0 aromatic heterocycles. The van der Waals surface area contributed by atoms with Crippen molar-refractivity contribution in [2.24, 2.45) is 11.7 Å². The number of sulfone groups is 1. The Morgan fingerprint density at radius 2 is 1.72 bits per heavy atom. The first-order chi connectivity index (χ1) is 8.35. The summed E-state index contributed by atoms with van der Waals surface area (Å²) >= 11 is 0. The zero-order valence-corrected chi connectivity index (χ0v) is 12.2. The van der Waals surface area contributed by atoms with Crippen LogP contribution in [0.5, 0.6) is 0 Å². The van der Waals surface area contributed by atoms with Gasteiger partial charge in [-0.15, -0.1) is 0 Å². The average Bonchev–Trinajstić information content (AvgIpc) is 2.28. The van der Waals surface area contributed by atoms with Gasteiger partial charge in [-0.3, -0.25) is 0 Å². The molecule has 0 saturated carbocycles. The first-order valence-electron chi connectivity index (χ1n) is 6.42. The molecule has 3 nitrogen and oxygen atoms in total. The van der Waals surface area contributed by atoms with E-state index in [2.05, 4.69) is 13.8 Å². The van der Waals surface area contributed by atoms with E-state index < -0.39 is 9.84 Å². The van der Waals surface area contributed by atoms with Crippen LogP contribution in [0.4, 0.5) is 0 Å². The van der Waals surface area contributed by atoms with E-state index in [0.717, 1.165) is 18.4 Å². The molecule has 1 atom stereocenters. The third-order valence-corrected chi connectivity index (χ3v) is 4.69. The predicted molar refractivity (Wildman–Crippen MR) is 75.3 cm³/mol. The Morgan fingerprint density at radius 3 is 2.17 bits per heavy atom. The lowest BCUT2D eigenvalue weighted by molar-refractivity contribution is 0.493. The van der Waals surface area contributed by atoms with E-state index in [9.17, 15) is 8.42 Å². The fourth-order valence-electron chi connectivity index (χ4n) is 1.99. The molecule has 4 heteroatoms. The maximum Gasteiger partial charge on any atom is 0.178 e. The monoisotopic (exact) mass is 269 g/mol. The van der Waals surface area contributed by atoms with E-state index in [1.807, 2.05) is 12.1 Å². The molecule has 102 valence electrons. The second-order valence-corrected chi connectivity index (χ2v) is 7.42. The van der Waals surface area contributed by atoms with Gasteiger partial charge in [-0.25, -0.2) is 8.42 Å². The van der Waals surface area contributed by atoms with Crippen molar-refractivity contribution in [3.05, 3.63) is 29.8 Å². The van der Waals surface area contributed by atoms with Crippen LogP contribution in [-0.4, -0.2) is 20.2 Å². The van der Waals surface area contributed by atoms with Gasteiger partial charge in [0, 0.05) is 6.04 Å². The summed E-state index contributed by atoms with van der Waals surface area (Å²) in [5.41, 5.74) is 7.13. The van der Waals surface area contributed by atoms with Crippen LogP contribution in [0.1, 0.15) is 32.8 Å². The Kier molecular flexibility index (Phi) is 5.35. The molecule has 18 heavy (non-hydrogen) atoms. The summed E-state index contributed by atoms with van der Waals surface area (Å²) in [6.07, 6.45) is 1.78. The predicted octanol–water partition coefficient (Wildman–Crippen LogP) is 2.40. The third-order valence-electron chi connectivity index (χ3n) is 2.93. The Balaban J connectivity index is 2.72. The van der Waals surface area contributed by atoms with Crippen molar-refractivity contribution >= 4 is 9.84 Å². The molecule has 0 amide bonds. The molecular weight excluding hydrogens is 246 g/mol. The molecule has 1 unspecified atom stereocenters. The van der Waals surface area contributed by atoms with Crippen LogP contribution < -0.4 is 5.73 Å². The zero-order chi connectivity index (χ0) is 13.8. The van der Waals surface area contributed by atoms with E-state index in [1.54, 1.807) is 19.1 Å². The summed E-state index contributed by atoms with van der Waals surface area (Å²) in [5, 5.41) is 0. The van der Waals surface area contributed by atoms with Crippen LogP contribution in [0.3, 0.4) is 0 Å². The first kappa shape index (κ1) is 15.2. The van der Waals surface area contributed by atoms with Crippen LogP contribution in [0.25, 0.3) is 0 Å². The highest BCUT2D eigenvalue weighted by atomic mass is 32.2. The lowest BCUT2D eigenvalue weighted by Gasteiger charge is -2.14. The van der Waals surface area contributed by atoms with E-state index in [1.165, 1.54) is 0 Å². The number of hydrogen-bond donors (Lipinski definition) is 1. The molecule has 0 aliphatic rings. The van der Waals surface area contributed by atoms with Crippen LogP contribution in [-0.2, 0) is 16.3 Å². The molecular formula is C14H23NO2S. The minimum absolute atomic E-state index is 0.138. The topological polar surface area (TPSA) is 60.2 Å². The molecule has 0 radical (unpaired) electrons. The molecule has 1 aromatic rings. The molecule has 0 bridgehead atoms. The van der Waals surface area contributed by atoms with Crippen molar-refractivity contribution in [1.82, 2.24) is 0 Å². The molecule has 1 aromatic carbocycles. The summed E-state index contributed by atoms with van der Waals surface area (Å²) in [4.78, 5) is 0.395. The van der Waals surface area contributed by atoms with Crippen LogP contribution in [0.2, 0.25) is 0 Å². The largest absolute Gasteiger partial charge is 0.327 e. The van der Waals surface area contributed by atoms with E-state index >= 15 is 0 Å². The maximum absolute atomic E-state index is 11.7. The van der Waals surface area contributed by atoms with Gasteiger partial charge in [0.25, 0.3) is 0 Å². The van der Waals surface area contributed by atoms with Crippen molar-refractivity contribution in [2.45, 2.75) is 44.6 Å². The van der Waals surface area contributed by atoms with E-state index in [-0.39, 0.29) is 11.8 Å². The molecule has 2 N–H and O–H groups in total. The minimum atomic E-state index is -3.09. The normalized spacial score (nSPS) is 13.8. The van der Waals surface area contributed by atoms with Crippen molar-refractivity contribution < 1.29 is 8.42 Å². The van der Waals surface area contributed by atoms with Crippen molar-refractivity contribution in [2.75, 3.05) is 5.75 Å². The Hall–Kier alpha value is -0.870. The fraction of sp³-hybridized carbons (Fsp3) is 0.571. The zero-order valence-electron chi connectivity index (χ0n) is 11.4. The molecule has 0 saturated heterocycles.